The van der Waals surface area contributed by atoms with Crippen LogP contribution in [0, 0.1) is 0 Å². The lowest BCUT2D eigenvalue weighted by molar-refractivity contribution is 0.0664. The summed E-state index contributed by atoms with van der Waals surface area (Å²) in [5.41, 5.74) is 2.39. The van der Waals surface area contributed by atoms with E-state index in [4.69, 9.17) is 0 Å². The molecule has 1 atom stereocenters. The van der Waals surface area contributed by atoms with Gasteiger partial charge in [0.05, 0.1) is 11.7 Å². The number of aliphatic imine (C=N–C) groups is 1. The van der Waals surface area contributed by atoms with E-state index in [0.717, 1.165) is 11.5 Å². The van der Waals surface area contributed by atoms with Crippen molar-refractivity contribution < 1.29 is 0 Å². The van der Waals surface area contributed by atoms with Crippen LogP contribution in [0.3, 0.4) is 0 Å². The molecule has 0 N–H and O–H groups in total. The molecular weight excluding hydrogens is 186 g/mol. The normalized spacial score (nSPS) is 20.2. The Morgan fingerprint density at radius 1 is 1.27 bits per heavy atom. The Hall–Kier alpha value is -1.35. The number of nitrogens with zero attached hydrogens (tertiary/aromatic N) is 3. The third-order valence-electron chi connectivity index (χ3n) is 2.80. The van der Waals surface area contributed by atoms with E-state index >= 15 is 0 Å². The molecule has 0 saturated heterocycles. The van der Waals surface area contributed by atoms with Crippen molar-refractivity contribution in [3.63, 3.8) is 0 Å². The largest absolute Gasteiger partial charge is 0.286 e. The first kappa shape index (κ1) is 10.2. The minimum atomic E-state index is 0.355. The Labute approximate surface area is 91.0 Å². The van der Waals surface area contributed by atoms with Crippen LogP contribution in [0.2, 0.25) is 0 Å². The highest BCUT2D eigenvalue weighted by Crippen LogP contribution is 2.34. The fourth-order valence-corrected chi connectivity index (χ4v) is 2.22. The standard InChI is InChI=1S/C12H17N3/c1-9-11-7-5-6-8-12(11)13-10(2)15(9)14(3)4/h5-9H,1-4H3. The molecule has 0 saturated carbocycles. The maximum Gasteiger partial charge on any atom is 0.117 e. The van der Waals surface area contributed by atoms with Gasteiger partial charge in [0.25, 0.3) is 0 Å². The van der Waals surface area contributed by atoms with Crippen LogP contribution in [0.5, 0.6) is 0 Å². The molecule has 15 heavy (non-hydrogen) atoms. The zero-order valence-electron chi connectivity index (χ0n) is 9.73. The summed E-state index contributed by atoms with van der Waals surface area (Å²) in [7, 11) is 4.09. The van der Waals surface area contributed by atoms with Crippen LogP contribution in [0.15, 0.2) is 29.3 Å². The summed E-state index contributed by atoms with van der Waals surface area (Å²) in [6.45, 7) is 4.25. The SMILES string of the molecule is CC1=Nc2ccccc2C(C)N1N(C)C. The molecule has 1 aliphatic rings. The summed E-state index contributed by atoms with van der Waals surface area (Å²) in [6, 6.07) is 8.68. The quantitative estimate of drug-likeness (QED) is 0.698. The number of fused-ring (bicyclic) bond motifs is 1. The summed E-state index contributed by atoms with van der Waals surface area (Å²) < 4.78 is 0. The Kier molecular flexibility index (Phi) is 2.49. The molecule has 1 aromatic carbocycles. The molecule has 80 valence electrons. The van der Waals surface area contributed by atoms with Crippen LogP contribution in [0.25, 0.3) is 0 Å². The predicted octanol–water partition coefficient (Wildman–Crippen LogP) is 2.59. The summed E-state index contributed by atoms with van der Waals surface area (Å²) in [6.07, 6.45) is 0. The van der Waals surface area contributed by atoms with Crippen molar-refractivity contribution in [3.05, 3.63) is 29.8 Å². The van der Waals surface area contributed by atoms with E-state index in [2.05, 4.69) is 40.1 Å². The van der Waals surface area contributed by atoms with Crippen molar-refractivity contribution in [2.24, 2.45) is 4.99 Å². The van der Waals surface area contributed by atoms with Gasteiger partial charge < -0.3 is 0 Å². The van der Waals surface area contributed by atoms with E-state index in [9.17, 15) is 0 Å². The molecule has 0 radical (unpaired) electrons. The van der Waals surface area contributed by atoms with Crippen LogP contribution in [0.1, 0.15) is 25.5 Å². The van der Waals surface area contributed by atoms with Crippen molar-refractivity contribution in [2.45, 2.75) is 19.9 Å². The van der Waals surface area contributed by atoms with E-state index in [-0.39, 0.29) is 0 Å². The van der Waals surface area contributed by atoms with Gasteiger partial charge >= 0.3 is 0 Å². The molecule has 2 rings (SSSR count). The maximum atomic E-state index is 4.60. The van der Waals surface area contributed by atoms with E-state index in [1.54, 1.807) is 0 Å². The third-order valence-corrected chi connectivity index (χ3v) is 2.80. The van der Waals surface area contributed by atoms with Gasteiger partial charge in [0.2, 0.25) is 0 Å². The van der Waals surface area contributed by atoms with Crippen LogP contribution in [0.4, 0.5) is 5.69 Å². The fraction of sp³-hybridized carbons (Fsp3) is 0.417. The Morgan fingerprint density at radius 3 is 2.60 bits per heavy atom. The number of hydrogen-bond acceptors (Lipinski definition) is 3. The van der Waals surface area contributed by atoms with Crippen LogP contribution < -0.4 is 0 Å². The second kappa shape index (κ2) is 3.66. The third kappa shape index (κ3) is 1.63. The zero-order valence-corrected chi connectivity index (χ0v) is 9.73. The highest BCUT2D eigenvalue weighted by Gasteiger charge is 2.25. The molecule has 1 heterocycles. The molecule has 0 spiro atoms. The highest BCUT2D eigenvalue weighted by molar-refractivity contribution is 5.85. The topological polar surface area (TPSA) is 18.8 Å². The zero-order chi connectivity index (χ0) is 11.0. The van der Waals surface area contributed by atoms with Gasteiger partial charge in [0, 0.05) is 19.7 Å². The molecule has 1 unspecified atom stereocenters. The molecule has 3 nitrogen and oxygen atoms in total. The van der Waals surface area contributed by atoms with E-state index in [1.165, 1.54) is 5.56 Å². The first-order valence-corrected chi connectivity index (χ1v) is 5.22. The first-order valence-electron chi connectivity index (χ1n) is 5.22. The number of hydrogen-bond donors (Lipinski definition) is 0. The lowest BCUT2D eigenvalue weighted by Gasteiger charge is -2.39. The van der Waals surface area contributed by atoms with E-state index < -0.39 is 0 Å². The van der Waals surface area contributed by atoms with Gasteiger partial charge in [-0.05, 0) is 19.9 Å². The van der Waals surface area contributed by atoms with Gasteiger partial charge in [-0.3, -0.25) is 5.01 Å². The number of benzene rings is 1. The average molecular weight is 203 g/mol. The molecule has 0 fully saturated rings. The summed E-state index contributed by atoms with van der Waals surface area (Å²) in [5, 5.41) is 4.28. The number of para-hydroxylation sites is 1. The molecule has 1 aromatic rings. The van der Waals surface area contributed by atoms with Crippen LogP contribution in [-0.2, 0) is 0 Å². The summed E-state index contributed by atoms with van der Waals surface area (Å²) in [4.78, 5) is 4.60. The predicted molar refractivity (Wildman–Crippen MR) is 63.2 cm³/mol. The summed E-state index contributed by atoms with van der Waals surface area (Å²) >= 11 is 0. The molecule has 0 aromatic heterocycles. The Bertz CT molecular complexity index is 396. The van der Waals surface area contributed by atoms with Crippen LogP contribution >= 0.6 is 0 Å². The van der Waals surface area contributed by atoms with Crippen molar-refractivity contribution in [1.82, 2.24) is 10.0 Å². The second-order valence-electron chi connectivity index (χ2n) is 4.09. The van der Waals surface area contributed by atoms with E-state index in [0.29, 0.717) is 6.04 Å². The molecule has 0 amide bonds. The Balaban J connectivity index is 2.49. The van der Waals surface area contributed by atoms with Crippen molar-refractivity contribution in [2.75, 3.05) is 14.1 Å². The molecule has 0 bridgehead atoms. The fourth-order valence-electron chi connectivity index (χ4n) is 2.22. The van der Waals surface area contributed by atoms with E-state index in [1.807, 2.05) is 27.1 Å². The molecule has 0 aliphatic carbocycles. The van der Waals surface area contributed by atoms with Gasteiger partial charge in [0.15, 0.2) is 0 Å². The number of hydrazine groups is 1. The molecule has 3 heteroatoms. The second-order valence-corrected chi connectivity index (χ2v) is 4.09. The maximum absolute atomic E-state index is 4.60. The minimum Gasteiger partial charge on any atom is -0.286 e. The monoisotopic (exact) mass is 203 g/mol. The Morgan fingerprint density at radius 2 is 1.93 bits per heavy atom. The molecular formula is C12H17N3. The van der Waals surface area contributed by atoms with Crippen LogP contribution in [-0.4, -0.2) is 29.9 Å². The first-order chi connectivity index (χ1) is 7.11. The minimum absolute atomic E-state index is 0.355. The van der Waals surface area contributed by atoms with Gasteiger partial charge in [-0.25, -0.2) is 10.0 Å². The van der Waals surface area contributed by atoms with Gasteiger partial charge in [-0.2, -0.15) is 0 Å². The highest BCUT2D eigenvalue weighted by atomic mass is 15.6. The summed E-state index contributed by atoms with van der Waals surface area (Å²) in [5.74, 6) is 1.05. The van der Waals surface area contributed by atoms with Gasteiger partial charge in [0.1, 0.15) is 5.84 Å². The van der Waals surface area contributed by atoms with Crippen molar-refractivity contribution in [3.8, 4) is 0 Å². The smallest absolute Gasteiger partial charge is 0.117 e. The van der Waals surface area contributed by atoms with Crippen molar-refractivity contribution in [1.29, 1.82) is 0 Å². The number of rotatable bonds is 1. The van der Waals surface area contributed by atoms with Crippen molar-refractivity contribution >= 4 is 11.5 Å². The molecule has 1 aliphatic heterocycles. The lowest BCUT2D eigenvalue weighted by Crippen LogP contribution is -2.43. The average Bonchev–Trinajstić information content (AvgIpc) is 2.17. The number of amidine groups is 1. The van der Waals surface area contributed by atoms with Gasteiger partial charge in [-0.1, -0.05) is 18.2 Å². The van der Waals surface area contributed by atoms with Gasteiger partial charge in [-0.15, -0.1) is 0 Å². The lowest BCUT2D eigenvalue weighted by atomic mass is 10.0.